The van der Waals surface area contributed by atoms with Crippen molar-refractivity contribution in [3.8, 4) is 11.5 Å². The SMILES string of the molecule is COC(=O)OCc1cc(OC)c(OC)cc1[N+](=O)[O-]. The van der Waals surface area contributed by atoms with E-state index in [0.717, 1.165) is 7.11 Å². The second kappa shape index (κ2) is 6.43. The molecule has 0 aliphatic heterocycles. The van der Waals surface area contributed by atoms with Gasteiger partial charge in [0.2, 0.25) is 0 Å². The van der Waals surface area contributed by atoms with E-state index in [4.69, 9.17) is 9.47 Å². The molecule has 1 aromatic rings. The second-order valence-corrected chi connectivity index (χ2v) is 3.34. The number of nitro benzene ring substituents is 1. The number of hydrogen-bond acceptors (Lipinski definition) is 7. The minimum atomic E-state index is -0.927. The van der Waals surface area contributed by atoms with E-state index >= 15 is 0 Å². The van der Waals surface area contributed by atoms with E-state index in [0.29, 0.717) is 5.75 Å². The number of nitro groups is 1. The summed E-state index contributed by atoms with van der Waals surface area (Å²) in [5.74, 6) is 0.521. The molecule has 0 amide bonds. The van der Waals surface area contributed by atoms with Crippen molar-refractivity contribution in [2.75, 3.05) is 21.3 Å². The zero-order valence-corrected chi connectivity index (χ0v) is 10.7. The molecule has 19 heavy (non-hydrogen) atoms. The van der Waals surface area contributed by atoms with Crippen LogP contribution in [0.25, 0.3) is 0 Å². The minimum absolute atomic E-state index is 0.174. The zero-order chi connectivity index (χ0) is 14.4. The molecule has 1 aromatic carbocycles. The number of benzene rings is 1. The van der Waals surface area contributed by atoms with Crippen molar-refractivity contribution in [1.29, 1.82) is 0 Å². The Morgan fingerprint density at radius 1 is 1.21 bits per heavy atom. The molecule has 0 fully saturated rings. The normalized spacial score (nSPS) is 9.63. The highest BCUT2D eigenvalue weighted by Crippen LogP contribution is 2.34. The van der Waals surface area contributed by atoms with Crippen LogP contribution in [0.1, 0.15) is 5.56 Å². The fraction of sp³-hybridized carbons (Fsp3) is 0.364. The average Bonchev–Trinajstić information content (AvgIpc) is 2.43. The zero-order valence-electron chi connectivity index (χ0n) is 10.7. The lowest BCUT2D eigenvalue weighted by atomic mass is 10.1. The molecule has 0 aliphatic carbocycles. The lowest BCUT2D eigenvalue weighted by molar-refractivity contribution is -0.385. The number of carbonyl (C=O) groups excluding carboxylic acids is 1. The summed E-state index contributed by atoms with van der Waals surface area (Å²) in [6, 6.07) is 2.58. The summed E-state index contributed by atoms with van der Waals surface area (Å²) in [7, 11) is 3.91. The molecule has 0 radical (unpaired) electrons. The summed E-state index contributed by atoms with van der Waals surface area (Å²) in [5, 5.41) is 10.9. The van der Waals surface area contributed by atoms with Crippen molar-refractivity contribution in [3.63, 3.8) is 0 Å². The quantitative estimate of drug-likeness (QED) is 0.458. The van der Waals surface area contributed by atoms with Gasteiger partial charge in [0.25, 0.3) is 5.69 Å². The number of hydrogen-bond donors (Lipinski definition) is 0. The largest absolute Gasteiger partial charge is 0.508 e. The van der Waals surface area contributed by atoms with Gasteiger partial charge in [-0.2, -0.15) is 0 Å². The summed E-state index contributed by atoms with van der Waals surface area (Å²) in [4.78, 5) is 21.2. The molecule has 0 saturated heterocycles. The van der Waals surface area contributed by atoms with Crippen LogP contribution in [0, 0.1) is 10.1 Å². The van der Waals surface area contributed by atoms with Crippen LogP contribution in [0.3, 0.4) is 0 Å². The maximum Gasteiger partial charge on any atom is 0.508 e. The first kappa shape index (κ1) is 14.6. The van der Waals surface area contributed by atoms with Gasteiger partial charge in [0.15, 0.2) is 11.5 Å². The summed E-state index contributed by atoms with van der Waals surface area (Å²) >= 11 is 0. The van der Waals surface area contributed by atoms with Crippen LogP contribution in [0.5, 0.6) is 11.5 Å². The van der Waals surface area contributed by atoms with E-state index in [1.807, 2.05) is 0 Å². The van der Waals surface area contributed by atoms with Gasteiger partial charge in [0.1, 0.15) is 6.61 Å². The van der Waals surface area contributed by atoms with Crippen molar-refractivity contribution in [2.45, 2.75) is 6.61 Å². The number of methoxy groups -OCH3 is 3. The average molecular weight is 271 g/mol. The smallest absolute Gasteiger partial charge is 0.493 e. The molecule has 104 valence electrons. The van der Waals surface area contributed by atoms with Crippen LogP contribution in [0.4, 0.5) is 10.5 Å². The van der Waals surface area contributed by atoms with E-state index in [9.17, 15) is 14.9 Å². The van der Waals surface area contributed by atoms with Crippen molar-refractivity contribution in [2.24, 2.45) is 0 Å². The molecule has 0 bridgehead atoms. The Morgan fingerprint density at radius 3 is 2.26 bits per heavy atom. The first-order valence-electron chi connectivity index (χ1n) is 5.13. The van der Waals surface area contributed by atoms with Gasteiger partial charge in [-0.15, -0.1) is 0 Å². The Hall–Kier alpha value is -2.51. The van der Waals surface area contributed by atoms with Crippen LogP contribution < -0.4 is 9.47 Å². The van der Waals surface area contributed by atoms with E-state index in [-0.39, 0.29) is 23.6 Å². The van der Waals surface area contributed by atoms with Gasteiger partial charge in [0.05, 0.1) is 37.9 Å². The highest BCUT2D eigenvalue weighted by Gasteiger charge is 2.20. The van der Waals surface area contributed by atoms with E-state index in [1.54, 1.807) is 0 Å². The highest BCUT2D eigenvalue weighted by molar-refractivity contribution is 5.60. The predicted molar refractivity (Wildman–Crippen MR) is 63.4 cm³/mol. The molecule has 0 aromatic heterocycles. The predicted octanol–water partition coefficient (Wildman–Crippen LogP) is 1.89. The number of rotatable bonds is 5. The van der Waals surface area contributed by atoms with Crippen LogP contribution >= 0.6 is 0 Å². The molecule has 0 atom stereocenters. The fourth-order valence-corrected chi connectivity index (χ4v) is 1.39. The van der Waals surface area contributed by atoms with Gasteiger partial charge >= 0.3 is 6.16 Å². The van der Waals surface area contributed by atoms with Crippen LogP contribution in [0.2, 0.25) is 0 Å². The number of ether oxygens (including phenoxy) is 4. The molecular formula is C11H13NO7. The molecule has 8 heteroatoms. The van der Waals surface area contributed by atoms with E-state index in [1.165, 1.54) is 26.4 Å². The molecule has 8 nitrogen and oxygen atoms in total. The van der Waals surface area contributed by atoms with Gasteiger partial charge < -0.3 is 18.9 Å². The Labute approximate surface area is 109 Å². The van der Waals surface area contributed by atoms with Crippen molar-refractivity contribution >= 4 is 11.8 Å². The standard InChI is InChI=1S/C11H13NO7/c1-16-9-4-7(6-19-11(13)18-3)8(12(14)15)5-10(9)17-2/h4-5H,6H2,1-3H3. The van der Waals surface area contributed by atoms with Crippen molar-refractivity contribution in [1.82, 2.24) is 0 Å². The van der Waals surface area contributed by atoms with E-state index in [2.05, 4.69) is 9.47 Å². The Morgan fingerprint density at radius 2 is 1.79 bits per heavy atom. The third-order valence-corrected chi connectivity index (χ3v) is 2.29. The highest BCUT2D eigenvalue weighted by atomic mass is 16.7. The third kappa shape index (κ3) is 3.47. The van der Waals surface area contributed by atoms with Gasteiger partial charge in [-0.1, -0.05) is 0 Å². The Bertz CT molecular complexity index is 486. The lowest BCUT2D eigenvalue weighted by Gasteiger charge is -2.10. The third-order valence-electron chi connectivity index (χ3n) is 2.29. The number of nitrogens with zero attached hydrogens (tertiary/aromatic N) is 1. The fourth-order valence-electron chi connectivity index (χ4n) is 1.39. The molecule has 0 spiro atoms. The van der Waals surface area contributed by atoms with Crippen LogP contribution in [0.15, 0.2) is 12.1 Å². The van der Waals surface area contributed by atoms with Crippen LogP contribution in [-0.2, 0) is 16.1 Å². The van der Waals surface area contributed by atoms with Gasteiger partial charge in [-0.25, -0.2) is 4.79 Å². The summed E-state index contributed by atoms with van der Waals surface area (Å²) in [5.41, 5.74) is -0.0606. The molecule has 0 saturated carbocycles. The van der Waals surface area contributed by atoms with Gasteiger partial charge in [0, 0.05) is 0 Å². The summed E-state index contributed by atoms with van der Waals surface area (Å²) in [6.45, 7) is -0.302. The first-order valence-corrected chi connectivity index (χ1v) is 5.13. The summed E-state index contributed by atoms with van der Waals surface area (Å²) < 4.78 is 19.0. The maximum absolute atomic E-state index is 10.9. The van der Waals surface area contributed by atoms with Crippen molar-refractivity contribution in [3.05, 3.63) is 27.8 Å². The summed E-state index contributed by atoms with van der Waals surface area (Å²) in [6.07, 6.45) is -0.927. The Kier molecular flexibility index (Phi) is 4.92. The van der Waals surface area contributed by atoms with Crippen LogP contribution in [-0.4, -0.2) is 32.4 Å². The number of carbonyl (C=O) groups is 1. The van der Waals surface area contributed by atoms with Crippen molar-refractivity contribution < 1.29 is 28.7 Å². The van der Waals surface area contributed by atoms with Gasteiger partial charge in [-0.3, -0.25) is 10.1 Å². The molecule has 0 heterocycles. The molecule has 0 N–H and O–H groups in total. The van der Waals surface area contributed by atoms with Gasteiger partial charge in [-0.05, 0) is 6.07 Å². The monoisotopic (exact) mass is 271 g/mol. The first-order chi connectivity index (χ1) is 9.03. The molecule has 0 aliphatic rings. The topological polar surface area (TPSA) is 97.1 Å². The molecule has 1 rings (SSSR count). The van der Waals surface area contributed by atoms with E-state index < -0.39 is 11.1 Å². The minimum Gasteiger partial charge on any atom is -0.493 e. The molecule has 0 unspecified atom stereocenters. The Balaban J connectivity index is 3.12. The lowest BCUT2D eigenvalue weighted by Crippen LogP contribution is -2.06. The molecular weight excluding hydrogens is 258 g/mol. The maximum atomic E-state index is 10.9. The second-order valence-electron chi connectivity index (χ2n) is 3.34.